The van der Waals surface area contributed by atoms with Crippen LogP contribution in [0.2, 0.25) is 0 Å². The molecule has 0 saturated carbocycles. The van der Waals surface area contributed by atoms with Crippen molar-refractivity contribution in [2.45, 2.75) is 6.92 Å². The van der Waals surface area contributed by atoms with Gasteiger partial charge in [0.2, 0.25) is 0 Å². The first-order chi connectivity index (χ1) is 2.41. The van der Waals surface area contributed by atoms with Gasteiger partial charge >= 0.3 is 25.2 Å². The average molecular weight is 144 g/mol. The second-order valence-corrected chi connectivity index (χ2v) is 0.289. The van der Waals surface area contributed by atoms with Gasteiger partial charge in [-0.1, -0.05) is 6.92 Å². The first kappa shape index (κ1) is 9.24. The zero-order chi connectivity index (χ0) is 4.71. The van der Waals surface area contributed by atoms with E-state index in [-0.39, 0.29) is 6.61 Å². The van der Waals surface area contributed by atoms with Gasteiger partial charge < -0.3 is 5.11 Å². The first-order valence-corrected chi connectivity index (χ1v) is 2.41. The van der Waals surface area contributed by atoms with Crippen molar-refractivity contribution >= 4 is 10.1 Å². The van der Waals surface area contributed by atoms with Crippen molar-refractivity contribution < 1.29 is 20.2 Å². The van der Waals surface area contributed by atoms with E-state index in [1.807, 2.05) is 0 Å². The van der Waals surface area contributed by atoms with E-state index < -0.39 is 0 Å². The number of rotatable bonds is 0. The Labute approximate surface area is 44.4 Å². The fourth-order valence-electron chi connectivity index (χ4n) is 0. The van der Waals surface area contributed by atoms with Crippen LogP contribution in [0.4, 0.5) is 0 Å². The van der Waals surface area contributed by atoms with Crippen molar-refractivity contribution in [3.63, 3.8) is 0 Å². The van der Waals surface area contributed by atoms with E-state index in [0.717, 1.165) is 0 Å². The normalized spacial score (nSPS) is 5.00. The zero-order valence-corrected chi connectivity index (χ0v) is 4.49. The van der Waals surface area contributed by atoms with Crippen LogP contribution < -0.4 is 5.11 Å². The van der Waals surface area contributed by atoms with E-state index in [0.29, 0.717) is 0 Å². The molecule has 0 aromatic heterocycles. The van der Waals surface area contributed by atoms with Gasteiger partial charge in [0.15, 0.2) is 0 Å². The van der Waals surface area contributed by atoms with Crippen LogP contribution in [0.15, 0.2) is 0 Å². The van der Waals surface area contributed by atoms with Crippen LogP contribution in [0, 0.1) is 0 Å². The van der Waals surface area contributed by atoms with E-state index in [1.165, 1.54) is 0 Å². The molecule has 0 bridgehead atoms. The molecule has 1 nitrogen and oxygen atoms in total. The van der Waals surface area contributed by atoms with Crippen molar-refractivity contribution in [3.05, 3.63) is 0 Å². The minimum atomic E-state index is 0. The Morgan fingerprint density at radius 2 is 1.80 bits per heavy atom. The Bertz CT molecular complexity index is 9.61. The number of hydrogen-bond donors (Lipinski definition) is 0. The fourth-order valence-corrected chi connectivity index (χ4v) is 0. The Hall–Kier alpha value is 0.769. The van der Waals surface area contributed by atoms with Crippen LogP contribution in [0.1, 0.15) is 6.92 Å². The summed E-state index contributed by atoms with van der Waals surface area (Å²) in [7, 11) is 4.20. The molecule has 0 aromatic rings. The van der Waals surface area contributed by atoms with Gasteiger partial charge in [-0.15, -0.1) is 6.61 Å². The van der Waals surface area contributed by atoms with Crippen molar-refractivity contribution in [3.8, 4) is 0 Å². The molecule has 3 heteroatoms. The first-order valence-electron chi connectivity index (χ1n) is 1.11. The summed E-state index contributed by atoms with van der Waals surface area (Å²) in [5, 5.41) is 8.93. The van der Waals surface area contributed by atoms with Gasteiger partial charge in [-0.3, -0.25) is 0 Å². The maximum atomic E-state index is 8.93. The van der Waals surface area contributed by atoms with Gasteiger partial charge in [0.05, 0.1) is 0 Å². The molecule has 0 rings (SSSR count). The second-order valence-electron chi connectivity index (χ2n) is 0.289. The van der Waals surface area contributed by atoms with Gasteiger partial charge in [0, 0.05) is 0 Å². The molecule has 0 amide bonds. The number of hydrogen-bond acceptors (Lipinski definition) is 1. The van der Waals surface area contributed by atoms with Crippen molar-refractivity contribution in [2.24, 2.45) is 0 Å². The molecule has 0 aliphatic heterocycles. The van der Waals surface area contributed by atoms with Gasteiger partial charge in [-0.05, 0) is 0 Å². The summed E-state index contributed by atoms with van der Waals surface area (Å²) >= 11 is 3.66. The molecule has 37 valence electrons. The van der Waals surface area contributed by atoms with Crippen LogP contribution in [0.5, 0.6) is 0 Å². The molecule has 0 atom stereocenters. The standard InChI is InChI=1S/C2H5O.ClH.Cu/c1-2-3;;/h2H2,1H3;1H;/q-1;;+2/p-1. The van der Waals surface area contributed by atoms with Crippen LogP contribution in [0.25, 0.3) is 0 Å². The van der Waals surface area contributed by atoms with Crippen LogP contribution >= 0.6 is 10.1 Å². The van der Waals surface area contributed by atoms with E-state index in [2.05, 4.69) is 25.2 Å². The second kappa shape index (κ2) is 21.6. The zero-order valence-electron chi connectivity index (χ0n) is 2.79. The quantitative estimate of drug-likeness (QED) is 0.440. The Kier molecular flexibility index (Phi) is 40.0. The molecule has 0 unspecified atom stereocenters. The van der Waals surface area contributed by atoms with Crippen molar-refractivity contribution in [1.29, 1.82) is 0 Å². The third kappa shape index (κ3) is 61.8. The minimum absolute atomic E-state index is 0. The molecule has 0 fully saturated rings. The molecule has 0 aromatic carbocycles. The van der Waals surface area contributed by atoms with E-state index >= 15 is 0 Å². The topological polar surface area (TPSA) is 23.1 Å². The van der Waals surface area contributed by atoms with Gasteiger partial charge in [0.25, 0.3) is 0 Å². The third-order valence-electron chi connectivity index (χ3n) is 0. The van der Waals surface area contributed by atoms with Crippen molar-refractivity contribution in [2.75, 3.05) is 6.61 Å². The van der Waals surface area contributed by atoms with E-state index in [9.17, 15) is 0 Å². The molecular weight excluding hydrogens is 139 g/mol. The van der Waals surface area contributed by atoms with Gasteiger partial charge in [0.1, 0.15) is 0 Å². The summed E-state index contributed by atoms with van der Waals surface area (Å²) in [5.41, 5.74) is 0. The monoisotopic (exact) mass is 143 g/mol. The molecule has 0 heterocycles. The van der Waals surface area contributed by atoms with Crippen LogP contribution in [-0.2, 0) is 15.1 Å². The van der Waals surface area contributed by atoms with Crippen molar-refractivity contribution in [1.82, 2.24) is 0 Å². The SMILES string of the molecule is CC[O-].[Cl][Cu+]. The number of halogens is 1. The van der Waals surface area contributed by atoms with Gasteiger partial charge in [-0.25, -0.2) is 0 Å². The summed E-state index contributed by atoms with van der Waals surface area (Å²) in [6, 6.07) is 0. The van der Waals surface area contributed by atoms with Crippen LogP contribution in [-0.4, -0.2) is 6.61 Å². The molecular formula is C2H5ClCuO. The summed E-state index contributed by atoms with van der Waals surface area (Å²) in [4.78, 5) is 0. The average Bonchev–Trinajstić information content (AvgIpc) is 1.46. The predicted octanol–water partition coefficient (Wildman–Crippen LogP) is 0.0536. The van der Waals surface area contributed by atoms with E-state index in [1.54, 1.807) is 6.92 Å². The molecule has 0 aliphatic rings. The summed E-state index contributed by atoms with van der Waals surface area (Å²) in [6.45, 7) is 1.57. The Balaban J connectivity index is 0. The summed E-state index contributed by atoms with van der Waals surface area (Å²) in [6.07, 6.45) is 0. The molecule has 0 radical (unpaired) electrons. The fraction of sp³-hybridized carbons (Fsp3) is 1.00. The molecule has 0 saturated heterocycles. The molecule has 0 N–H and O–H groups in total. The Morgan fingerprint density at radius 1 is 1.80 bits per heavy atom. The maximum absolute atomic E-state index is 8.93. The molecule has 0 spiro atoms. The summed E-state index contributed by atoms with van der Waals surface area (Å²) in [5.74, 6) is 0. The predicted molar refractivity (Wildman–Crippen MR) is 16.4 cm³/mol. The van der Waals surface area contributed by atoms with Gasteiger partial charge in [-0.2, -0.15) is 0 Å². The van der Waals surface area contributed by atoms with E-state index in [4.69, 9.17) is 5.11 Å². The molecule has 5 heavy (non-hydrogen) atoms. The Morgan fingerprint density at radius 3 is 1.80 bits per heavy atom. The molecule has 0 aliphatic carbocycles. The van der Waals surface area contributed by atoms with Crippen LogP contribution in [0.3, 0.4) is 0 Å². The third-order valence-corrected chi connectivity index (χ3v) is 0. The summed E-state index contributed by atoms with van der Waals surface area (Å²) < 4.78 is 0.